The molecule has 19 nitrogen and oxygen atoms in total. The van der Waals surface area contributed by atoms with E-state index in [-0.39, 0.29) is 69.4 Å². The van der Waals surface area contributed by atoms with Gasteiger partial charge in [-0.2, -0.15) is 0 Å². The van der Waals surface area contributed by atoms with E-state index in [9.17, 15) is 29.1 Å². The lowest BCUT2D eigenvalue weighted by atomic mass is 9.97. The first kappa shape index (κ1) is 55.6. The summed E-state index contributed by atoms with van der Waals surface area (Å²) in [6.45, 7) is 7.59. The molecule has 3 atom stereocenters. The molecule has 9 rings (SSSR count). The summed E-state index contributed by atoms with van der Waals surface area (Å²) in [6.07, 6.45) is 2.87. The number of carbonyl (C=O) groups is 5. The molecule has 0 radical (unpaired) electrons. The van der Waals surface area contributed by atoms with Crippen molar-refractivity contribution in [1.82, 2.24) is 25.9 Å². The third-order valence-corrected chi connectivity index (χ3v) is 14.4. The Morgan fingerprint density at radius 3 is 2.21 bits per heavy atom. The zero-order chi connectivity index (χ0) is 56.5. The molecule has 6 N–H and O–H groups in total. The van der Waals surface area contributed by atoms with E-state index in [1.165, 1.54) is 27.4 Å². The molecule has 0 bridgehead atoms. The smallest absolute Gasteiger partial charge is 0.407 e. The van der Waals surface area contributed by atoms with Crippen LogP contribution < -0.4 is 45.1 Å². The summed E-state index contributed by atoms with van der Waals surface area (Å²) in [5.41, 5.74) is 8.21. The van der Waals surface area contributed by atoms with Crippen molar-refractivity contribution in [3.05, 3.63) is 150 Å². The van der Waals surface area contributed by atoms with Gasteiger partial charge in [0.25, 0.3) is 5.91 Å². The van der Waals surface area contributed by atoms with Crippen LogP contribution in [0.4, 0.5) is 21.0 Å². The van der Waals surface area contributed by atoms with Crippen molar-refractivity contribution in [1.29, 1.82) is 0 Å². The summed E-state index contributed by atoms with van der Waals surface area (Å²) in [7, 11) is 4.54. The van der Waals surface area contributed by atoms with Crippen molar-refractivity contribution in [3.8, 4) is 34.1 Å². The van der Waals surface area contributed by atoms with Crippen LogP contribution in [0.15, 0.2) is 122 Å². The number of hydrogen-bond donors (Lipinski definition) is 6. The number of aromatic nitrogens is 2. The van der Waals surface area contributed by atoms with E-state index in [1.54, 1.807) is 73.5 Å². The molecule has 19 heteroatoms. The van der Waals surface area contributed by atoms with Gasteiger partial charge in [-0.15, -0.1) is 0 Å². The summed E-state index contributed by atoms with van der Waals surface area (Å²) in [6, 6.07) is 29.9. The van der Waals surface area contributed by atoms with Gasteiger partial charge in [0.2, 0.25) is 17.6 Å². The minimum Gasteiger partial charge on any atom is -0.493 e. The summed E-state index contributed by atoms with van der Waals surface area (Å²) in [5, 5.41) is 23.3. The van der Waals surface area contributed by atoms with E-state index in [2.05, 4.69) is 37.8 Å². The van der Waals surface area contributed by atoms with E-state index < -0.39 is 42.0 Å². The molecule has 5 amide bonds. The Balaban J connectivity index is 0.874. The predicted octanol–water partition coefficient (Wildman–Crippen LogP) is 9.13. The van der Waals surface area contributed by atoms with Crippen LogP contribution in [0.25, 0.3) is 32.9 Å². The normalized spacial score (nSPS) is 14.1. The molecule has 0 spiro atoms. The van der Waals surface area contributed by atoms with Crippen LogP contribution in [0.5, 0.6) is 23.0 Å². The molecule has 1 unspecified atom stereocenters. The van der Waals surface area contributed by atoms with Gasteiger partial charge in [0.1, 0.15) is 48.9 Å². The second-order valence-electron chi connectivity index (χ2n) is 19.8. The standard InChI is InChI=1S/C61H65N7O12/c1-7-27-78-60(73)63-25-13-12-20-46(66-58(71)52(35(2)3)67-61(74)80-34-45-42-17-10-8-15-40(42)41-16-9-11-18-43(41)45)57(70)64-39-23-21-36(22-24-39)33-79-49-30-48-51(44-19-14-26-62-54(44)49)38(32-69)31-68(48)59(72)47-28-37-29-50(75-4)55(76-5)56(77-6)53(37)65-47/h7-11,14-19,21-24,26,28-30,35,38,45-46,52,65,69H,1,12-13,20,25,27,31-34H2,2-6H3,(H,63,73)(H,64,70)(H,66,71)(H,67,74)/t38?,46-,52-/m0/s1. The summed E-state index contributed by atoms with van der Waals surface area (Å²) >= 11 is 0. The van der Waals surface area contributed by atoms with Crippen molar-refractivity contribution in [3.63, 3.8) is 0 Å². The largest absolute Gasteiger partial charge is 0.493 e. The minimum atomic E-state index is -1.04. The third-order valence-electron chi connectivity index (χ3n) is 14.4. The van der Waals surface area contributed by atoms with Crippen LogP contribution in [0.2, 0.25) is 0 Å². The fourth-order valence-electron chi connectivity index (χ4n) is 10.5. The molecule has 5 aromatic carbocycles. The van der Waals surface area contributed by atoms with E-state index >= 15 is 0 Å². The number of unbranched alkanes of at least 4 members (excludes halogenated alkanes) is 1. The van der Waals surface area contributed by atoms with Gasteiger partial charge >= 0.3 is 12.2 Å². The average molecular weight is 1090 g/mol. The van der Waals surface area contributed by atoms with Crippen LogP contribution in [0.1, 0.15) is 77.7 Å². The maximum absolute atomic E-state index is 14.5. The van der Waals surface area contributed by atoms with Crippen LogP contribution in [-0.2, 0) is 25.7 Å². The molecule has 7 aromatic rings. The number of nitrogens with one attached hydrogen (secondary N) is 5. The fraction of sp³-hybridized carbons (Fsp3) is 0.311. The van der Waals surface area contributed by atoms with Crippen molar-refractivity contribution in [2.45, 2.75) is 63.6 Å². The number of methoxy groups -OCH3 is 3. The van der Waals surface area contributed by atoms with Crippen molar-refractivity contribution >= 4 is 63.1 Å². The van der Waals surface area contributed by atoms with Gasteiger partial charge in [0, 0.05) is 53.6 Å². The van der Waals surface area contributed by atoms with Gasteiger partial charge < -0.3 is 64.7 Å². The summed E-state index contributed by atoms with van der Waals surface area (Å²) in [5.74, 6) is -0.744. The van der Waals surface area contributed by atoms with Crippen LogP contribution in [0, 0.1) is 5.92 Å². The topological polar surface area (TPSA) is 241 Å². The monoisotopic (exact) mass is 1090 g/mol. The van der Waals surface area contributed by atoms with Gasteiger partial charge in [-0.05, 0) is 88.9 Å². The fourth-order valence-corrected chi connectivity index (χ4v) is 10.5. The highest BCUT2D eigenvalue weighted by Gasteiger charge is 2.37. The number of ether oxygens (including phenoxy) is 6. The summed E-state index contributed by atoms with van der Waals surface area (Å²) in [4.78, 5) is 77.6. The van der Waals surface area contributed by atoms with Crippen molar-refractivity contribution < 1.29 is 57.5 Å². The molecule has 80 heavy (non-hydrogen) atoms. The lowest BCUT2D eigenvalue weighted by Crippen LogP contribution is -2.54. The van der Waals surface area contributed by atoms with E-state index in [0.29, 0.717) is 63.6 Å². The first-order valence-corrected chi connectivity index (χ1v) is 26.5. The lowest BCUT2D eigenvalue weighted by molar-refractivity contribution is -0.128. The number of nitrogens with zero attached hydrogens (tertiary/aromatic N) is 2. The van der Waals surface area contributed by atoms with Crippen LogP contribution >= 0.6 is 0 Å². The molecule has 0 fully saturated rings. The number of aliphatic hydroxyl groups is 1. The van der Waals surface area contributed by atoms with Gasteiger partial charge in [-0.1, -0.05) is 93.2 Å². The molecule has 2 aliphatic rings. The van der Waals surface area contributed by atoms with Gasteiger partial charge in [0.15, 0.2) is 11.5 Å². The second-order valence-corrected chi connectivity index (χ2v) is 19.8. The number of fused-ring (bicyclic) bond motifs is 7. The van der Waals surface area contributed by atoms with Gasteiger partial charge in [0.05, 0.1) is 39.1 Å². The van der Waals surface area contributed by atoms with Gasteiger partial charge in [-0.3, -0.25) is 19.4 Å². The number of alkyl carbamates (subject to hydrolysis) is 2. The molecule has 416 valence electrons. The molecule has 0 saturated carbocycles. The number of hydrogen-bond acceptors (Lipinski definition) is 13. The predicted molar refractivity (Wildman–Crippen MR) is 303 cm³/mol. The molecule has 2 aromatic heterocycles. The molecule has 3 heterocycles. The third kappa shape index (κ3) is 11.8. The van der Waals surface area contributed by atoms with E-state index in [4.69, 9.17) is 28.4 Å². The minimum absolute atomic E-state index is 0.0599. The number of anilines is 2. The number of benzene rings is 5. The molecule has 1 aliphatic heterocycles. The SMILES string of the molecule is C=CCOC(=O)NCCCC[C@H](NC(=O)[C@@H](NC(=O)OCC1c2ccccc2-c2ccccc21)C(C)C)C(=O)Nc1ccc(COc2cc3c(c4cccnc24)C(CO)CN3C(=O)c2cc3cc(OC)c(OC)c(OC)c3[nH]2)cc1. The highest BCUT2D eigenvalue weighted by atomic mass is 16.6. The number of aliphatic hydroxyl groups excluding tert-OH is 1. The van der Waals surface area contributed by atoms with Crippen LogP contribution in [0.3, 0.4) is 0 Å². The maximum atomic E-state index is 14.5. The lowest BCUT2D eigenvalue weighted by Gasteiger charge is -2.25. The van der Waals surface area contributed by atoms with Gasteiger partial charge in [-0.25, -0.2) is 9.59 Å². The maximum Gasteiger partial charge on any atom is 0.407 e. The Hall–Kier alpha value is -9.10. The zero-order valence-electron chi connectivity index (χ0n) is 45.3. The quantitative estimate of drug-likeness (QED) is 0.0259. The number of aromatic amines is 1. The van der Waals surface area contributed by atoms with Crippen molar-refractivity contribution in [2.24, 2.45) is 5.92 Å². The highest BCUT2D eigenvalue weighted by molar-refractivity contribution is 6.11. The number of carbonyl (C=O) groups excluding carboxylic acids is 5. The van der Waals surface area contributed by atoms with Crippen LogP contribution in [-0.4, -0.2) is 111 Å². The zero-order valence-corrected chi connectivity index (χ0v) is 45.3. The molecule has 1 aliphatic carbocycles. The molecular weight excluding hydrogens is 1020 g/mol. The Labute approximate surface area is 462 Å². The van der Waals surface area contributed by atoms with Crippen molar-refractivity contribution in [2.75, 3.05) is 64.5 Å². The first-order chi connectivity index (χ1) is 38.8. The summed E-state index contributed by atoms with van der Waals surface area (Å²) < 4.78 is 34.0. The Morgan fingerprint density at radius 1 is 0.812 bits per heavy atom. The van der Waals surface area contributed by atoms with E-state index in [0.717, 1.165) is 38.8 Å². The molecule has 0 saturated heterocycles. The number of pyridine rings is 1. The molecular formula is C61H65N7O12. The Bertz CT molecular complexity index is 3390. The first-order valence-electron chi connectivity index (χ1n) is 26.5. The number of rotatable bonds is 23. The highest BCUT2D eigenvalue weighted by Crippen LogP contribution is 2.47. The Kier molecular flexibility index (Phi) is 17.5. The Morgan fingerprint density at radius 2 is 1.54 bits per heavy atom. The second kappa shape index (κ2) is 25.1. The van der Waals surface area contributed by atoms with E-state index in [1.807, 2.05) is 54.6 Å². The number of H-pyrrole nitrogens is 1. The number of amides is 5. The average Bonchev–Trinajstić information content (AvgIpc) is 4.20.